The molecule has 1 unspecified atom stereocenters. The average molecular weight is 377 g/mol. The zero-order valence-electron chi connectivity index (χ0n) is 13.2. The maximum absolute atomic E-state index is 13.1. The number of nitrogens with zero attached hydrogens (tertiary/aromatic N) is 3. The van der Waals surface area contributed by atoms with Crippen LogP contribution in [0.2, 0.25) is 5.02 Å². The Bertz CT molecular complexity index is 896. The summed E-state index contributed by atoms with van der Waals surface area (Å²) in [6, 6.07) is 12.9. The van der Waals surface area contributed by atoms with Gasteiger partial charge in [0, 0.05) is 17.6 Å². The van der Waals surface area contributed by atoms with Gasteiger partial charge in [-0.05, 0) is 42.0 Å². The molecule has 1 aromatic heterocycles. The number of carbonyl (C=O) groups excluding carboxylic acids is 1. The van der Waals surface area contributed by atoms with Gasteiger partial charge in [-0.15, -0.1) is 10.2 Å². The van der Waals surface area contributed by atoms with Crippen LogP contribution in [-0.4, -0.2) is 20.7 Å². The van der Waals surface area contributed by atoms with E-state index in [0.29, 0.717) is 21.6 Å². The first kappa shape index (κ1) is 17.4. The molecule has 3 aromatic rings. The number of amides is 1. The second-order valence-electron chi connectivity index (χ2n) is 5.32. The molecule has 5 nitrogen and oxygen atoms in total. The number of nitrogens with two attached hydrogens (primary N) is 1. The second-order valence-corrected chi connectivity index (χ2v) is 6.83. The molecule has 0 aliphatic heterocycles. The van der Waals surface area contributed by atoms with Crippen molar-refractivity contribution in [3.63, 3.8) is 0 Å². The Hall–Kier alpha value is -2.38. The monoisotopic (exact) mass is 376 g/mol. The van der Waals surface area contributed by atoms with E-state index < -0.39 is 11.2 Å². The van der Waals surface area contributed by atoms with Crippen LogP contribution in [0.15, 0.2) is 53.7 Å². The first-order chi connectivity index (χ1) is 12.0. The Morgan fingerprint density at radius 2 is 1.80 bits per heavy atom. The maximum atomic E-state index is 13.1. The van der Waals surface area contributed by atoms with Crippen molar-refractivity contribution in [2.24, 2.45) is 12.8 Å². The molecule has 128 valence electrons. The van der Waals surface area contributed by atoms with Gasteiger partial charge >= 0.3 is 0 Å². The molecule has 0 saturated heterocycles. The molecular formula is C17H14ClFN4OS. The third-order valence-electron chi connectivity index (χ3n) is 3.59. The maximum Gasteiger partial charge on any atom is 0.235 e. The van der Waals surface area contributed by atoms with Gasteiger partial charge in [-0.2, -0.15) is 0 Å². The average Bonchev–Trinajstić information content (AvgIpc) is 2.95. The van der Waals surface area contributed by atoms with E-state index in [9.17, 15) is 9.18 Å². The molecule has 3 rings (SSSR count). The van der Waals surface area contributed by atoms with E-state index in [1.807, 2.05) is 12.1 Å². The van der Waals surface area contributed by atoms with E-state index in [0.717, 1.165) is 5.56 Å². The van der Waals surface area contributed by atoms with E-state index >= 15 is 0 Å². The third-order valence-corrected chi connectivity index (χ3v) is 5.15. The van der Waals surface area contributed by atoms with Crippen LogP contribution in [0.5, 0.6) is 0 Å². The van der Waals surface area contributed by atoms with Gasteiger partial charge in [0.15, 0.2) is 11.0 Å². The predicted octanol–water partition coefficient (Wildman–Crippen LogP) is 3.59. The van der Waals surface area contributed by atoms with E-state index in [-0.39, 0.29) is 5.82 Å². The van der Waals surface area contributed by atoms with Gasteiger partial charge in [-0.3, -0.25) is 4.79 Å². The number of halogens is 2. The van der Waals surface area contributed by atoms with Crippen molar-refractivity contribution in [1.82, 2.24) is 14.8 Å². The van der Waals surface area contributed by atoms with Gasteiger partial charge < -0.3 is 10.3 Å². The van der Waals surface area contributed by atoms with Crippen LogP contribution < -0.4 is 5.73 Å². The summed E-state index contributed by atoms with van der Waals surface area (Å²) >= 11 is 7.07. The number of primary amides is 1. The molecule has 1 atom stereocenters. The molecule has 0 aliphatic rings. The Labute approximate surface area is 153 Å². The Morgan fingerprint density at radius 1 is 1.16 bits per heavy atom. The fourth-order valence-electron chi connectivity index (χ4n) is 2.30. The first-order valence-corrected chi connectivity index (χ1v) is 8.58. The number of hydrogen-bond donors (Lipinski definition) is 1. The molecule has 0 aliphatic carbocycles. The summed E-state index contributed by atoms with van der Waals surface area (Å²) in [7, 11) is 1.80. The molecule has 8 heteroatoms. The zero-order valence-corrected chi connectivity index (χ0v) is 14.8. The number of carbonyl (C=O) groups is 1. The first-order valence-electron chi connectivity index (χ1n) is 7.32. The van der Waals surface area contributed by atoms with E-state index in [2.05, 4.69) is 10.2 Å². The lowest BCUT2D eigenvalue weighted by atomic mass is 10.1. The molecular weight excluding hydrogens is 363 g/mol. The molecule has 2 aromatic carbocycles. The van der Waals surface area contributed by atoms with E-state index in [4.69, 9.17) is 17.3 Å². The highest BCUT2D eigenvalue weighted by Crippen LogP contribution is 2.35. The van der Waals surface area contributed by atoms with Gasteiger partial charge in [-0.1, -0.05) is 35.5 Å². The molecule has 0 bridgehead atoms. The van der Waals surface area contributed by atoms with Crippen molar-refractivity contribution in [1.29, 1.82) is 0 Å². The van der Waals surface area contributed by atoms with Gasteiger partial charge in [0.2, 0.25) is 5.91 Å². The van der Waals surface area contributed by atoms with Gasteiger partial charge in [0.05, 0.1) is 0 Å². The largest absolute Gasteiger partial charge is 0.368 e. The van der Waals surface area contributed by atoms with E-state index in [1.165, 1.54) is 36.0 Å². The molecule has 0 radical (unpaired) electrons. The van der Waals surface area contributed by atoms with Gasteiger partial charge in [0.1, 0.15) is 11.1 Å². The van der Waals surface area contributed by atoms with Crippen LogP contribution >= 0.6 is 23.4 Å². The van der Waals surface area contributed by atoms with Crippen LogP contribution in [0, 0.1) is 5.82 Å². The fraction of sp³-hybridized carbons (Fsp3) is 0.118. The van der Waals surface area contributed by atoms with Crippen LogP contribution in [0.1, 0.15) is 10.8 Å². The fourth-order valence-corrected chi connectivity index (χ4v) is 3.38. The lowest BCUT2D eigenvalue weighted by Crippen LogP contribution is -2.19. The summed E-state index contributed by atoms with van der Waals surface area (Å²) in [6.07, 6.45) is 0. The van der Waals surface area contributed by atoms with Crippen LogP contribution in [0.25, 0.3) is 11.4 Å². The third kappa shape index (κ3) is 3.83. The minimum atomic E-state index is -0.693. The smallest absolute Gasteiger partial charge is 0.235 e. The Morgan fingerprint density at radius 3 is 2.40 bits per heavy atom. The van der Waals surface area contributed by atoms with Crippen molar-refractivity contribution in [3.05, 3.63) is 64.9 Å². The highest BCUT2D eigenvalue weighted by molar-refractivity contribution is 8.00. The molecule has 0 saturated carbocycles. The molecule has 25 heavy (non-hydrogen) atoms. The molecule has 1 amide bonds. The minimum Gasteiger partial charge on any atom is -0.368 e. The van der Waals surface area contributed by atoms with E-state index in [1.54, 1.807) is 23.7 Å². The summed E-state index contributed by atoms with van der Waals surface area (Å²) in [5, 5.41) is 8.78. The normalized spacial score (nSPS) is 12.1. The number of benzene rings is 2. The lowest BCUT2D eigenvalue weighted by Gasteiger charge is -2.13. The number of aromatic nitrogens is 3. The Kier molecular flexibility index (Phi) is 5.06. The highest BCUT2D eigenvalue weighted by atomic mass is 35.5. The minimum absolute atomic E-state index is 0.374. The second kappa shape index (κ2) is 7.25. The number of rotatable bonds is 5. The molecule has 1 heterocycles. The SMILES string of the molecule is Cn1c(SC(C(N)=O)c2ccc(F)cc2)nnc1-c1ccc(Cl)cc1. The van der Waals surface area contributed by atoms with Crippen molar-refractivity contribution in [2.45, 2.75) is 10.4 Å². The van der Waals surface area contributed by atoms with Gasteiger partial charge in [-0.25, -0.2) is 4.39 Å². The van der Waals surface area contributed by atoms with Crippen molar-refractivity contribution >= 4 is 29.3 Å². The summed E-state index contributed by atoms with van der Waals surface area (Å²) in [5.41, 5.74) is 6.97. The van der Waals surface area contributed by atoms with Gasteiger partial charge in [0.25, 0.3) is 0 Å². The lowest BCUT2D eigenvalue weighted by molar-refractivity contribution is -0.117. The van der Waals surface area contributed by atoms with Crippen LogP contribution in [0.4, 0.5) is 4.39 Å². The summed E-state index contributed by atoms with van der Waals surface area (Å²) < 4.78 is 14.9. The molecule has 2 N–H and O–H groups in total. The number of thioether (sulfide) groups is 1. The molecule has 0 fully saturated rings. The topological polar surface area (TPSA) is 73.8 Å². The molecule has 0 spiro atoms. The van der Waals surface area contributed by atoms with Crippen molar-refractivity contribution in [3.8, 4) is 11.4 Å². The van der Waals surface area contributed by atoms with Crippen LogP contribution in [0.3, 0.4) is 0 Å². The summed E-state index contributed by atoms with van der Waals surface area (Å²) in [6.45, 7) is 0. The number of hydrogen-bond acceptors (Lipinski definition) is 4. The zero-order chi connectivity index (χ0) is 18.0. The predicted molar refractivity (Wildman–Crippen MR) is 95.6 cm³/mol. The standard InChI is InChI=1S/C17H14ClFN4OS/c1-23-16(11-2-6-12(18)7-3-11)21-22-17(23)25-14(15(20)24)10-4-8-13(19)9-5-10/h2-9,14H,1H3,(H2,20,24). The summed E-state index contributed by atoms with van der Waals surface area (Å²) in [5.74, 6) is -0.269. The Balaban J connectivity index is 1.90. The summed E-state index contributed by atoms with van der Waals surface area (Å²) in [4.78, 5) is 11.9. The highest BCUT2D eigenvalue weighted by Gasteiger charge is 2.23. The quantitative estimate of drug-likeness (QED) is 0.690. The van der Waals surface area contributed by atoms with Crippen molar-refractivity contribution in [2.75, 3.05) is 0 Å². The van der Waals surface area contributed by atoms with Crippen molar-refractivity contribution < 1.29 is 9.18 Å². The van der Waals surface area contributed by atoms with Crippen LogP contribution in [-0.2, 0) is 11.8 Å².